The highest BCUT2D eigenvalue weighted by molar-refractivity contribution is 5.83. The summed E-state index contributed by atoms with van der Waals surface area (Å²) in [5, 5.41) is 2.64. The average Bonchev–Trinajstić information content (AvgIpc) is 2.60. The Labute approximate surface area is 148 Å². The van der Waals surface area contributed by atoms with Gasteiger partial charge in [-0.1, -0.05) is 30.3 Å². The SMILES string of the molecule is CCOC(=O)C(CCc1cccc(Oc2ccccc2)c1)NC(C)=O. The van der Waals surface area contributed by atoms with Crippen LogP contribution in [-0.4, -0.2) is 24.5 Å². The van der Waals surface area contributed by atoms with E-state index in [-0.39, 0.29) is 12.5 Å². The fraction of sp³-hybridized carbons (Fsp3) is 0.300. The van der Waals surface area contributed by atoms with Crippen LogP contribution in [0.25, 0.3) is 0 Å². The van der Waals surface area contributed by atoms with Crippen molar-refractivity contribution in [2.24, 2.45) is 0 Å². The van der Waals surface area contributed by atoms with Gasteiger partial charge in [0.2, 0.25) is 5.91 Å². The molecule has 25 heavy (non-hydrogen) atoms. The normalized spacial score (nSPS) is 11.4. The van der Waals surface area contributed by atoms with Gasteiger partial charge >= 0.3 is 5.97 Å². The molecule has 5 heteroatoms. The van der Waals surface area contributed by atoms with Crippen molar-refractivity contribution in [3.8, 4) is 11.5 Å². The molecular formula is C20H23NO4. The van der Waals surface area contributed by atoms with Crippen molar-refractivity contribution in [2.45, 2.75) is 32.7 Å². The van der Waals surface area contributed by atoms with E-state index in [0.717, 1.165) is 17.1 Å². The Morgan fingerprint density at radius 1 is 1.04 bits per heavy atom. The number of carbonyl (C=O) groups excluding carboxylic acids is 2. The summed E-state index contributed by atoms with van der Waals surface area (Å²) in [6.45, 7) is 3.42. The van der Waals surface area contributed by atoms with Crippen LogP contribution in [0.1, 0.15) is 25.8 Å². The number of nitrogens with one attached hydrogen (secondary N) is 1. The number of hydrogen-bond donors (Lipinski definition) is 1. The van der Waals surface area contributed by atoms with Crippen molar-refractivity contribution in [2.75, 3.05) is 6.61 Å². The lowest BCUT2D eigenvalue weighted by molar-refractivity contribution is -0.147. The fourth-order valence-electron chi connectivity index (χ4n) is 2.44. The minimum atomic E-state index is -0.642. The van der Waals surface area contributed by atoms with E-state index >= 15 is 0 Å². The fourth-order valence-corrected chi connectivity index (χ4v) is 2.44. The number of para-hydroxylation sites is 1. The van der Waals surface area contributed by atoms with Gasteiger partial charge in [0.1, 0.15) is 17.5 Å². The summed E-state index contributed by atoms with van der Waals surface area (Å²) in [5.74, 6) is 0.840. The largest absolute Gasteiger partial charge is 0.464 e. The smallest absolute Gasteiger partial charge is 0.328 e. The summed E-state index contributed by atoms with van der Waals surface area (Å²) in [5.41, 5.74) is 1.02. The third kappa shape index (κ3) is 6.30. The maximum absolute atomic E-state index is 11.9. The molecule has 0 saturated carbocycles. The van der Waals surface area contributed by atoms with E-state index in [9.17, 15) is 9.59 Å². The van der Waals surface area contributed by atoms with E-state index in [0.29, 0.717) is 12.8 Å². The van der Waals surface area contributed by atoms with Crippen LogP contribution in [0.2, 0.25) is 0 Å². The highest BCUT2D eigenvalue weighted by Crippen LogP contribution is 2.22. The molecule has 0 spiro atoms. The molecule has 132 valence electrons. The van der Waals surface area contributed by atoms with E-state index in [2.05, 4.69) is 5.32 Å². The second kappa shape index (κ2) is 9.47. The molecule has 1 unspecified atom stereocenters. The third-order valence-electron chi connectivity index (χ3n) is 3.55. The summed E-state index contributed by atoms with van der Waals surface area (Å²) < 4.78 is 10.8. The number of aryl methyl sites for hydroxylation is 1. The van der Waals surface area contributed by atoms with Gasteiger partial charge < -0.3 is 14.8 Å². The van der Waals surface area contributed by atoms with Crippen LogP contribution in [0.3, 0.4) is 0 Å². The maximum atomic E-state index is 11.9. The van der Waals surface area contributed by atoms with E-state index < -0.39 is 12.0 Å². The monoisotopic (exact) mass is 341 g/mol. The number of amides is 1. The average molecular weight is 341 g/mol. The van der Waals surface area contributed by atoms with Gasteiger partial charge in [-0.2, -0.15) is 0 Å². The molecule has 2 aromatic rings. The van der Waals surface area contributed by atoms with Crippen molar-refractivity contribution in [1.29, 1.82) is 0 Å². The van der Waals surface area contributed by atoms with Gasteiger partial charge in [-0.05, 0) is 49.6 Å². The van der Waals surface area contributed by atoms with Crippen molar-refractivity contribution in [3.05, 3.63) is 60.2 Å². The first-order valence-electron chi connectivity index (χ1n) is 8.34. The van der Waals surface area contributed by atoms with Crippen LogP contribution < -0.4 is 10.1 Å². The number of carbonyl (C=O) groups is 2. The predicted molar refractivity (Wildman–Crippen MR) is 95.5 cm³/mol. The van der Waals surface area contributed by atoms with E-state index in [4.69, 9.17) is 9.47 Å². The number of ether oxygens (including phenoxy) is 2. The Bertz CT molecular complexity index is 700. The molecule has 0 radical (unpaired) electrons. The third-order valence-corrected chi connectivity index (χ3v) is 3.55. The molecule has 0 saturated heterocycles. The Morgan fingerprint density at radius 2 is 1.76 bits per heavy atom. The topological polar surface area (TPSA) is 64.6 Å². The molecular weight excluding hydrogens is 318 g/mol. The van der Waals surface area contributed by atoms with Gasteiger partial charge in [0.15, 0.2) is 0 Å². The lowest BCUT2D eigenvalue weighted by Gasteiger charge is -2.16. The molecule has 1 atom stereocenters. The molecule has 0 bridgehead atoms. The molecule has 5 nitrogen and oxygen atoms in total. The molecule has 0 heterocycles. The van der Waals surface area contributed by atoms with Gasteiger partial charge in [-0.15, -0.1) is 0 Å². The summed E-state index contributed by atoms with van der Waals surface area (Å²) in [6.07, 6.45) is 1.09. The standard InChI is InChI=1S/C20H23NO4/c1-3-24-20(23)19(21-15(2)22)13-12-16-8-7-11-18(14-16)25-17-9-5-4-6-10-17/h4-11,14,19H,3,12-13H2,1-2H3,(H,21,22). The van der Waals surface area contributed by atoms with Gasteiger partial charge in [-0.3, -0.25) is 4.79 Å². The molecule has 1 N–H and O–H groups in total. The lowest BCUT2D eigenvalue weighted by atomic mass is 10.0. The minimum absolute atomic E-state index is 0.251. The zero-order valence-corrected chi connectivity index (χ0v) is 14.5. The van der Waals surface area contributed by atoms with Crippen LogP contribution in [0.15, 0.2) is 54.6 Å². The summed E-state index contributed by atoms with van der Waals surface area (Å²) in [6, 6.07) is 16.6. The number of hydrogen-bond acceptors (Lipinski definition) is 4. The molecule has 0 aromatic heterocycles. The van der Waals surface area contributed by atoms with Crippen LogP contribution in [0.5, 0.6) is 11.5 Å². The second-order valence-corrected chi connectivity index (χ2v) is 5.61. The molecule has 2 rings (SSSR count). The van der Waals surface area contributed by atoms with Crippen molar-refractivity contribution < 1.29 is 19.1 Å². The van der Waals surface area contributed by atoms with Gasteiger partial charge in [0, 0.05) is 6.92 Å². The van der Waals surface area contributed by atoms with Crippen LogP contribution in [-0.2, 0) is 20.7 Å². The summed E-state index contributed by atoms with van der Waals surface area (Å²) >= 11 is 0. The van der Waals surface area contributed by atoms with Crippen LogP contribution in [0.4, 0.5) is 0 Å². The van der Waals surface area contributed by atoms with E-state index in [1.807, 2.05) is 54.6 Å². The van der Waals surface area contributed by atoms with Crippen LogP contribution >= 0.6 is 0 Å². The molecule has 2 aromatic carbocycles. The van der Waals surface area contributed by atoms with Crippen molar-refractivity contribution in [3.63, 3.8) is 0 Å². The van der Waals surface area contributed by atoms with Gasteiger partial charge in [0.25, 0.3) is 0 Å². The molecule has 0 fully saturated rings. The first kappa shape index (κ1) is 18.5. The first-order valence-corrected chi connectivity index (χ1v) is 8.34. The Kier molecular flexibility index (Phi) is 7.01. The Morgan fingerprint density at radius 3 is 2.44 bits per heavy atom. The molecule has 0 aliphatic rings. The maximum Gasteiger partial charge on any atom is 0.328 e. The van der Waals surface area contributed by atoms with Crippen molar-refractivity contribution >= 4 is 11.9 Å². The second-order valence-electron chi connectivity index (χ2n) is 5.61. The van der Waals surface area contributed by atoms with Crippen molar-refractivity contribution in [1.82, 2.24) is 5.32 Å². The molecule has 0 aliphatic carbocycles. The Hall–Kier alpha value is -2.82. The highest BCUT2D eigenvalue weighted by Gasteiger charge is 2.20. The quantitative estimate of drug-likeness (QED) is 0.747. The first-order chi connectivity index (χ1) is 12.1. The summed E-state index contributed by atoms with van der Waals surface area (Å²) in [4.78, 5) is 23.2. The number of rotatable bonds is 8. The number of benzene rings is 2. The minimum Gasteiger partial charge on any atom is -0.464 e. The lowest BCUT2D eigenvalue weighted by Crippen LogP contribution is -2.41. The summed E-state index contributed by atoms with van der Waals surface area (Å²) in [7, 11) is 0. The highest BCUT2D eigenvalue weighted by atomic mass is 16.5. The zero-order valence-electron chi connectivity index (χ0n) is 14.5. The van der Waals surface area contributed by atoms with Gasteiger partial charge in [0.05, 0.1) is 6.61 Å². The molecule has 0 aliphatic heterocycles. The molecule has 1 amide bonds. The number of esters is 1. The van der Waals surface area contributed by atoms with E-state index in [1.54, 1.807) is 6.92 Å². The van der Waals surface area contributed by atoms with E-state index in [1.165, 1.54) is 6.92 Å². The Balaban J connectivity index is 1.99. The van der Waals surface area contributed by atoms with Crippen LogP contribution in [0, 0.1) is 0 Å². The predicted octanol–water partition coefficient (Wildman–Crippen LogP) is 3.48. The van der Waals surface area contributed by atoms with Gasteiger partial charge in [-0.25, -0.2) is 4.79 Å². The zero-order chi connectivity index (χ0) is 18.1.